The van der Waals surface area contributed by atoms with Gasteiger partial charge in [-0.05, 0) is 72.3 Å². The number of fused-ring (bicyclic) bond motifs is 1. The lowest BCUT2D eigenvalue weighted by Gasteiger charge is -2.08. The minimum atomic E-state index is -3.73. The number of anilines is 1. The van der Waals surface area contributed by atoms with Gasteiger partial charge in [-0.15, -0.1) is 11.3 Å². The van der Waals surface area contributed by atoms with E-state index in [4.69, 9.17) is 16.3 Å². The second-order valence-electron chi connectivity index (χ2n) is 8.39. The van der Waals surface area contributed by atoms with Gasteiger partial charge in [0.15, 0.2) is 0 Å². The number of hydrogen-bond donors (Lipinski definition) is 2. The van der Waals surface area contributed by atoms with Gasteiger partial charge in [-0.3, -0.25) is 9.52 Å². The van der Waals surface area contributed by atoms with Gasteiger partial charge >= 0.3 is 5.97 Å². The predicted octanol–water partition coefficient (Wildman–Crippen LogP) is 6.34. The second-order valence-corrected chi connectivity index (χ2v) is 11.5. The van der Waals surface area contributed by atoms with Crippen molar-refractivity contribution in [1.29, 1.82) is 0 Å². The van der Waals surface area contributed by atoms with Crippen LogP contribution in [-0.2, 0) is 10.0 Å². The number of amides is 1. The number of esters is 1. The zero-order valence-corrected chi connectivity index (χ0v) is 23.0. The van der Waals surface area contributed by atoms with Crippen molar-refractivity contribution in [3.8, 4) is 5.75 Å². The van der Waals surface area contributed by atoms with Gasteiger partial charge in [-0.25, -0.2) is 18.6 Å². The van der Waals surface area contributed by atoms with Crippen molar-refractivity contribution in [3.63, 3.8) is 0 Å². The lowest BCUT2D eigenvalue weighted by molar-refractivity contribution is 0.0739. The van der Waals surface area contributed by atoms with Gasteiger partial charge in [0.1, 0.15) is 10.6 Å². The van der Waals surface area contributed by atoms with Crippen LogP contribution < -0.4 is 14.9 Å². The van der Waals surface area contributed by atoms with Gasteiger partial charge in [0.2, 0.25) is 0 Å². The number of thiophene rings is 1. The number of benzene rings is 4. The molecule has 5 rings (SSSR count). The first kappa shape index (κ1) is 27.1. The summed E-state index contributed by atoms with van der Waals surface area (Å²) in [5.41, 5.74) is 3.69. The summed E-state index contributed by atoms with van der Waals surface area (Å²) in [4.78, 5) is 25.5. The molecule has 200 valence electrons. The molecule has 40 heavy (non-hydrogen) atoms. The van der Waals surface area contributed by atoms with Crippen LogP contribution in [0.3, 0.4) is 0 Å². The smallest absolute Gasteiger partial charge is 0.355 e. The summed E-state index contributed by atoms with van der Waals surface area (Å²) in [5, 5.41) is 5.13. The molecular formula is C29H20ClN3O5S2. The highest BCUT2D eigenvalue weighted by atomic mass is 35.5. The summed E-state index contributed by atoms with van der Waals surface area (Å²) in [6.07, 6.45) is 1.44. The van der Waals surface area contributed by atoms with Gasteiger partial charge in [0, 0.05) is 21.3 Å². The number of hydrazone groups is 1. The van der Waals surface area contributed by atoms with Crippen LogP contribution in [0.25, 0.3) is 10.1 Å². The third kappa shape index (κ3) is 6.20. The molecular weight excluding hydrogens is 570 g/mol. The van der Waals surface area contributed by atoms with E-state index in [-0.39, 0.29) is 4.90 Å². The number of nitrogens with zero attached hydrogens (tertiary/aromatic N) is 1. The molecule has 0 saturated heterocycles. The summed E-state index contributed by atoms with van der Waals surface area (Å²) in [6, 6.07) is 28.0. The largest absolute Gasteiger partial charge is 0.422 e. The quantitative estimate of drug-likeness (QED) is 0.0949. The number of hydrogen-bond acceptors (Lipinski definition) is 7. The minimum Gasteiger partial charge on any atom is -0.422 e. The molecule has 0 aliphatic heterocycles. The van der Waals surface area contributed by atoms with Gasteiger partial charge in [0.25, 0.3) is 15.9 Å². The Morgan fingerprint density at radius 1 is 0.850 bits per heavy atom. The van der Waals surface area contributed by atoms with E-state index in [1.165, 1.54) is 53.9 Å². The molecule has 5 aromatic rings. The number of nitrogens with one attached hydrogen (secondary N) is 2. The highest BCUT2D eigenvalue weighted by Crippen LogP contribution is 2.35. The zero-order chi connectivity index (χ0) is 28.1. The van der Waals surface area contributed by atoms with Crippen molar-refractivity contribution < 1.29 is 22.7 Å². The number of carbonyl (C=O) groups is 2. The molecule has 1 aromatic heterocycles. The van der Waals surface area contributed by atoms with Crippen LogP contribution in [0.2, 0.25) is 5.02 Å². The molecule has 0 aliphatic carbocycles. The van der Waals surface area contributed by atoms with Crippen LogP contribution in [-0.4, -0.2) is 26.5 Å². The van der Waals surface area contributed by atoms with Crippen LogP contribution in [0.4, 0.5) is 5.69 Å². The van der Waals surface area contributed by atoms with E-state index in [0.717, 1.165) is 10.1 Å². The average molecular weight is 590 g/mol. The van der Waals surface area contributed by atoms with E-state index in [1.807, 2.05) is 24.3 Å². The first-order valence-electron chi connectivity index (χ1n) is 11.8. The van der Waals surface area contributed by atoms with Crippen LogP contribution in [0.5, 0.6) is 5.75 Å². The molecule has 0 fully saturated rings. The summed E-state index contributed by atoms with van der Waals surface area (Å²) in [6.45, 7) is 0. The summed E-state index contributed by atoms with van der Waals surface area (Å²) in [5.74, 6) is -0.680. The van der Waals surface area contributed by atoms with Gasteiger partial charge in [-0.2, -0.15) is 5.10 Å². The third-order valence-corrected chi connectivity index (χ3v) is 8.70. The van der Waals surface area contributed by atoms with E-state index < -0.39 is 21.9 Å². The fourth-order valence-electron chi connectivity index (χ4n) is 3.65. The first-order chi connectivity index (χ1) is 19.3. The van der Waals surface area contributed by atoms with Crippen molar-refractivity contribution in [2.24, 2.45) is 5.10 Å². The first-order valence-corrected chi connectivity index (χ1v) is 14.5. The van der Waals surface area contributed by atoms with Crippen LogP contribution in [0, 0.1) is 0 Å². The van der Waals surface area contributed by atoms with E-state index in [0.29, 0.717) is 32.5 Å². The van der Waals surface area contributed by atoms with Crippen molar-refractivity contribution in [3.05, 3.63) is 124 Å². The Morgan fingerprint density at radius 3 is 2.23 bits per heavy atom. The summed E-state index contributed by atoms with van der Waals surface area (Å²) < 4.78 is 33.7. The van der Waals surface area contributed by atoms with E-state index in [9.17, 15) is 18.0 Å². The second kappa shape index (κ2) is 11.7. The number of ether oxygens (including phenoxy) is 1. The van der Waals surface area contributed by atoms with Gasteiger partial charge in [0.05, 0.1) is 16.1 Å². The molecule has 0 spiro atoms. The molecule has 0 bridgehead atoms. The Bertz CT molecular complexity index is 1820. The number of sulfonamides is 1. The normalized spacial score (nSPS) is 11.4. The number of carbonyl (C=O) groups excluding carboxylic acids is 2. The standard InChI is InChI=1S/C29H20ClN3O5S2/c30-26-24-8-4-5-9-25(24)39-27(26)29(35)38-22-16-10-19(11-17-22)18-31-32-28(34)20-12-14-21(15-13-20)33-40(36,37)23-6-2-1-3-7-23/h1-18,33H,(H,32,34)/b31-18+. The van der Waals surface area contributed by atoms with Gasteiger partial charge < -0.3 is 4.74 Å². The Balaban J connectivity index is 1.15. The lowest BCUT2D eigenvalue weighted by Crippen LogP contribution is -2.18. The zero-order valence-electron chi connectivity index (χ0n) is 20.6. The molecule has 0 atom stereocenters. The Labute approximate surface area is 238 Å². The molecule has 0 unspecified atom stereocenters. The van der Waals surface area contributed by atoms with Crippen LogP contribution in [0.1, 0.15) is 25.6 Å². The molecule has 1 heterocycles. The van der Waals surface area contributed by atoms with Crippen LogP contribution in [0.15, 0.2) is 113 Å². The fraction of sp³-hybridized carbons (Fsp3) is 0. The average Bonchev–Trinajstić information content (AvgIpc) is 3.31. The van der Waals surface area contributed by atoms with Crippen molar-refractivity contribution >= 4 is 66.8 Å². The fourth-order valence-corrected chi connectivity index (χ4v) is 6.12. The monoisotopic (exact) mass is 589 g/mol. The number of halogens is 1. The highest BCUT2D eigenvalue weighted by molar-refractivity contribution is 7.92. The Morgan fingerprint density at radius 2 is 1.52 bits per heavy atom. The predicted molar refractivity (Wildman–Crippen MR) is 157 cm³/mol. The molecule has 1 amide bonds. The van der Waals surface area contributed by atoms with Crippen molar-refractivity contribution in [1.82, 2.24) is 5.43 Å². The van der Waals surface area contributed by atoms with E-state index >= 15 is 0 Å². The maximum absolute atomic E-state index is 12.6. The third-order valence-electron chi connectivity index (χ3n) is 5.64. The molecule has 8 nitrogen and oxygen atoms in total. The minimum absolute atomic E-state index is 0.137. The SMILES string of the molecule is O=C(N/N=C/c1ccc(OC(=O)c2sc3ccccc3c2Cl)cc1)c1ccc(NS(=O)(=O)c2ccccc2)cc1. The van der Waals surface area contributed by atoms with E-state index in [2.05, 4.69) is 15.2 Å². The molecule has 4 aromatic carbocycles. The highest BCUT2D eigenvalue weighted by Gasteiger charge is 2.19. The van der Waals surface area contributed by atoms with Crippen molar-refractivity contribution in [2.45, 2.75) is 4.90 Å². The summed E-state index contributed by atoms with van der Waals surface area (Å²) >= 11 is 7.63. The molecule has 0 aliphatic rings. The number of rotatable bonds is 8. The molecule has 2 N–H and O–H groups in total. The maximum atomic E-state index is 12.6. The molecule has 0 radical (unpaired) electrons. The van der Waals surface area contributed by atoms with Crippen molar-refractivity contribution in [2.75, 3.05) is 4.72 Å². The Kier molecular flexibility index (Phi) is 7.92. The van der Waals surface area contributed by atoms with Gasteiger partial charge in [-0.1, -0.05) is 48.0 Å². The lowest BCUT2D eigenvalue weighted by atomic mass is 10.2. The molecule has 11 heteroatoms. The van der Waals surface area contributed by atoms with E-state index in [1.54, 1.807) is 42.5 Å². The Hall–Kier alpha value is -4.51. The summed E-state index contributed by atoms with van der Waals surface area (Å²) in [7, 11) is -3.73. The van der Waals surface area contributed by atoms with Crippen LogP contribution >= 0.6 is 22.9 Å². The topological polar surface area (TPSA) is 114 Å². The maximum Gasteiger partial charge on any atom is 0.355 e. The molecule has 0 saturated carbocycles.